The van der Waals surface area contributed by atoms with Gasteiger partial charge in [-0.25, -0.2) is 17.6 Å². The minimum Gasteiger partial charge on any atom is -0.497 e. The number of ether oxygens (including phenoxy) is 2. The minimum absolute atomic E-state index is 0.0146. The number of likely N-dealkylation sites (tertiary alicyclic amines) is 1. The van der Waals surface area contributed by atoms with Gasteiger partial charge >= 0.3 is 0 Å². The van der Waals surface area contributed by atoms with Crippen molar-refractivity contribution in [2.75, 3.05) is 40.0 Å². The lowest BCUT2D eigenvalue weighted by molar-refractivity contribution is 0.0262. The van der Waals surface area contributed by atoms with Crippen molar-refractivity contribution in [2.45, 2.75) is 38.5 Å². The number of aliphatic hydroxyl groups excluding tert-OH is 2. The van der Waals surface area contributed by atoms with Crippen LogP contribution in [0.5, 0.6) is 11.5 Å². The Morgan fingerprint density at radius 2 is 1.79 bits per heavy atom. The maximum atomic E-state index is 15.7. The predicted molar refractivity (Wildman–Crippen MR) is 134 cm³/mol. The van der Waals surface area contributed by atoms with E-state index < -0.39 is 34.8 Å². The van der Waals surface area contributed by atoms with Gasteiger partial charge in [0.2, 0.25) is 0 Å². The number of methoxy groups -OCH3 is 1. The molecule has 1 aliphatic rings. The van der Waals surface area contributed by atoms with Crippen LogP contribution in [0.4, 0.5) is 17.6 Å². The molecule has 0 bridgehead atoms. The maximum absolute atomic E-state index is 15.7. The average Bonchev–Trinajstić information content (AvgIpc) is 2.92. The molecule has 1 saturated heterocycles. The Kier molecular flexibility index (Phi) is 9.07. The van der Waals surface area contributed by atoms with Crippen LogP contribution < -0.4 is 9.47 Å². The summed E-state index contributed by atoms with van der Waals surface area (Å²) in [6, 6.07) is 6.36. The molecule has 1 fully saturated rings. The Balaban J connectivity index is 1.35. The number of hydrogen-bond donors (Lipinski definition) is 2. The van der Waals surface area contributed by atoms with Crippen molar-refractivity contribution in [2.24, 2.45) is 5.41 Å². The molecule has 0 unspecified atom stereocenters. The average molecular weight is 537 g/mol. The first kappa shape index (κ1) is 28.1. The molecule has 1 aromatic heterocycles. The summed E-state index contributed by atoms with van der Waals surface area (Å²) < 4.78 is 66.8. The van der Waals surface area contributed by atoms with E-state index in [2.05, 4.69) is 4.98 Å². The summed E-state index contributed by atoms with van der Waals surface area (Å²) in [6.07, 6.45) is 1.96. The van der Waals surface area contributed by atoms with E-state index in [0.29, 0.717) is 78.8 Å². The Morgan fingerprint density at radius 1 is 1.08 bits per heavy atom. The second-order valence-corrected chi connectivity index (χ2v) is 9.79. The van der Waals surface area contributed by atoms with E-state index in [9.17, 15) is 23.4 Å². The molecule has 2 N–H and O–H groups in total. The molecular weight excluding hydrogens is 504 g/mol. The molecule has 1 atom stereocenters. The lowest BCUT2D eigenvalue weighted by Gasteiger charge is -2.41. The van der Waals surface area contributed by atoms with E-state index in [1.807, 2.05) is 4.90 Å². The number of hydrogen-bond acceptors (Lipinski definition) is 6. The van der Waals surface area contributed by atoms with Crippen LogP contribution in [0, 0.1) is 22.9 Å². The van der Waals surface area contributed by atoms with E-state index in [1.165, 1.54) is 13.3 Å². The molecule has 206 valence electrons. The van der Waals surface area contributed by atoms with E-state index in [0.717, 1.165) is 0 Å². The SMILES string of the molecule is COc1ccc2ncc(CO)c([C@@H](F)CCC3(CO)CCN(CCOc4c(F)cc(F)cc4F)CC3)c2c1. The molecule has 0 radical (unpaired) electrons. The Hall–Kier alpha value is -2.95. The van der Waals surface area contributed by atoms with Gasteiger partial charge in [0.1, 0.15) is 24.3 Å². The fourth-order valence-corrected chi connectivity index (χ4v) is 5.12. The van der Waals surface area contributed by atoms with Gasteiger partial charge in [0.25, 0.3) is 0 Å². The number of nitrogens with zero attached hydrogens (tertiary/aromatic N) is 2. The highest BCUT2D eigenvalue weighted by atomic mass is 19.1. The highest BCUT2D eigenvalue weighted by molar-refractivity contribution is 5.85. The molecule has 0 spiro atoms. The maximum Gasteiger partial charge on any atom is 0.190 e. The first-order valence-electron chi connectivity index (χ1n) is 12.6. The summed E-state index contributed by atoms with van der Waals surface area (Å²) >= 11 is 0. The van der Waals surface area contributed by atoms with Crippen molar-refractivity contribution >= 4 is 10.9 Å². The quantitative estimate of drug-likeness (QED) is 0.333. The summed E-state index contributed by atoms with van der Waals surface area (Å²) in [6.45, 7) is 1.19. The van der Waals surface area contributed by atoms with Gasteiger partial charge in [0, 0.05) is 48.0 Å². The third-order valence-corrected chi connectivity index (χ3v) is 7.48. The molecule has 4 rings (SSSR count). The van der Waals surface area contributed by atoms with Gasteiger partial charge in [-0.2, -0.15) is 0 Å². The lowest BCUT2D eigenvalue weighted by Crippen LogP contribution is -2.43. The summed E-state index contributed by atoms with van der Waals surface area (Å²) in [5.74, 6) is -3.23. The fourth-order valence-electron chi connectivity index (χ4n) is 5.12. The van der Waals surface area contributed by atoms with Crippen LogP contribution in [0.2, 0.25) is 0 Å². The number of aliphatic hydroxyl groups is 2. The van der Waals surface area contributed by atoms with Crippen LogP contribution in [-0.2, 0) is 6.61 Å². The number of alkyl halides is 1. The second-order valence-electron chi connectivity index (χ2n) is 9.79. The first-order valence-corrected chi connectivity index (χ1v) is 12.6. The zero-order chi connectivity index (χ0) is 27.3. The van der Waals surface area contributed by atoms with Gasteiger partial charge in [-0.15, -0.1) is 0 Å². The number of halogens is 4. The standard InChI is InChI=1S/C28H32F4N2O4/c1-37-20-2-3-25-21(14-20)26(18(16-35)15-33-25)22(30)4-5-28(17-36)6-8-34(9-7-28)10-11-38-27-23(31)12-19(29)13-24(27)32/h2-3,12-15,22,35-36H,4-11,16-17H2,1H3/t22-/m0/s1. The third-order valence-electron chi connectivity index (χ3n) is 7.48. The number of fused-ring (bicyclic) bond motifs is 1. The number of benzene rings is 2. The fraction of sp³-hybridized carbons (Fsp3) is 0.464. The minimum atomic E-state index is -1.37. The van der Waals surface area contributed by atoms with Crippen LogP contribution in [0.3, 0.4) is 0 Å². The topological polar surface area (TPSA) is 75.0 Å². The highest BCUT2D eigenvalue weighted by Gasteiger charge is 2.35. The summed E-state index contributed by atoms with van der Waals surface area (Å²) in [5.41, 5.74) is 0.949. The normalized spacial score (nSPS) is 16.5. The van der Waals surface area contributed by atoms with Crippen LogP contribution in [0.1, 0.15) is 43.0 Å². The molecular formula is C28H32F4N2O4. The van der Waals surface area contributed by atoms with Crippen LogP contribution >= 0.6 is 0 Å². The van der Waals surface area contributed by atoms with Gasteiger partial charge in [0.05, 0.1) is 19.2 Å². The van der Waals surface area contributed by atoms with Gasteiger partial charge in [0.15, 0.2) is 17.4 Å². The smallest absolute Gasteiger partial charge is 0.190 e. The van der Waals surface area contributed by atoms with E-state index in [-0.39, 0.29) is 26.2 Å². The van der Waals surface area contributed by atoms with Crippen LogP contribution in [0.15, 0.2) is 36.5 Å². The predicted octanol–water partition coefficient (Wildman–Crippen LogP) is 5.10. The molecule has 10 heteroatoms. The monoisotopic (exact) mass is 536 g/mol. The highest BCUT2D eigenvalue weighted by Crippen LogP contribution is 2.41. The molecule has 38 heavy (non-hydrogen) atoms. The van der Waals surface area contributed by atoms with Gasteiger partial charge < -0.3 is 19.7 Å². The Morgan fingerprint density at radius 3 is 2.42 bits per heavy atom. The summed E-state index contributed by atoms with van der Waals surface area (Å²) in [7, 11) is 1.53. The summed E-state index contributed by atoms with van der Waals surface area (Å²) in [4.78, 5) is 6.37. The van der Waals surface area contributed by atoms with Crippen molar-refractivity contribution < 1.29 is 37.2 Å². The molecule has 0 amide bonds. The van der Waals surface area contributed by atoms with Crippen molar-refractivity contribution in [3.8, 4) is 11.5 Å². The third kappa shape index (κ3) is 6.19. The molecule has 6 nitrogen and oxygen atoms in total. The molecule has 2 heterocycles. The molecule has 2 aromatic carbocycles. The lowest BCUT2D eigenvalue weighted by atomic mass is 9.74. The Bertz CT molecular complexity index is 1220. The molecule has 0 saturated carbocycles. The largest absolute Gasteiger partial charge is 0.497 e. The van der Waals surface area contributed by atoms with Crippen LogP contribution in [-0.4, -0.2) is 60.1 Å². The Labute approximate surface area is 218 Å². The zero-order valence-electron chi connectivity index (χ0n) is 21.2. The van der Waals surface area contributed by atoms with E-state index in [1.54, 1.807) is 18.2 Å². The molecule has 0 aliphatic carbocycles. The number of piperidine rings is 1. The van der Waals surface area contributed by atoms with Gasteiger partial charge in [-0.1, -0.05) is 0 Å². The van der Waals surface area contributed by atoms with Crippen molar-refractivity contribution in [1.29, 1.82) is 0 Å². The van der Waals surface area contributed by atoms with Crippen LogP contribution in [0.25, 0.3) is 10.9 Å². The van der Waals surface area contributed by atoms with E-state index >= 15 is 4.39 Å². The van der Waals surface area contributed by atoms with E-state index in [4.69, 9.17) is 9.47 Å². The van der Waals surface area contributed by atoms with Crippen molar-refractivity contribution in [3.05, 3.63) is 65.1 Å². The molecule has 1 aliphatic heterocycles. The number of aromatic nitrogens is 1. The number of pyridine rings is 1. The van der Waals surface area contributed by atoms with Gasteiger partial charge in [-0.3, -0.25) is 9.88 Å². The molecule has 3 aromatic rings. The second kappa shape index (κ2) is 12.3. The number of rotatable bonds is 11. The zero-order valence-corrected chi connectivity index (χ0v) is 21.2. The first-order chi connectivity index (χ1) is 18.3. The van der Waals surface area contributed by atoms with Crippen molar-refractivity contribution in [1.82, 2.24) is 9.88 Å². The van der Waals surface area contributed by atoms with Crippen molar-refractivity contribution in [3.63, 3.8) is 0 Å². The van der Waals surface area contributed by atoms with Gasteiger partial charge in [-0.05, 0) is 62.4 Å². The summed E-state index contributed by atoms with van der Waals surface area (Å²) in [5, 5.41) is 20.6.